The Hall–Kier alpha value is -1.06. The van der Waals surface area contributed by atoms with Gasteiger partial charge in [0.15, 0.2) is 0 Å². The molecule has 0 aromatic heterocycles. The summed E-state index contributed by atoms with van der Waals surface area (Å²) in [5, 5.41) is 3.49. The second-order valence-corrected chi connectivity index (χ2v) is 5.81. The lowest BCUT2D eigenvalue weighted by Gasteiger charge is -2.22. The minimum Gasteiger partial charge on any atom is -0.488 e. The van der Waals surface area contributed by atoms with E-state index in [9.17, 15) is 0 Å². The van der Waals surface area contributed by atoms with Crippen LogP contribution in [0.2, 0.25) is 0 Å². The molecule has 2 rings (SSSR count). The Kier molecular flexibility index (Phi) is 4.25. The first-order valence-corrected chi connectivity index (χ1v) is 6.62. The van der Waals surface area contributed by atoms with Crippen LogP contribution in [-0.4, -0.2) is 24.9 Å². The number of para-hydroxylation sites is 1. The standard InChI is InChI=1S/C15H23NO2/c1-15(2,3)16-10-12-6-4-5-7-14(12)18-13-8-9-17-11-13/h4-7,13,16H,8-11H2,1-3H3. The van der Waals surface area contributed by atoms with Crippen LogP contribution in [0.3, 0.4) is 0 Å². The van der Waals surface area contributed by atoms with Crippen LogP contribution in [0.25, 0.3) is 0 Å². The zero-order valence-electron chi connectivity index (χ0n) is 11.5. The first kappa shape index (κ1) is 13.4. The van der Waals surface area contributed by atoms with Gasteiger partial charge in [0.25, 0.3) is 0 Å². The molecule has 0 amide bonds. The molecule has 1 aromatic carbocycles. The van der Waals surface area contributed by atoms with E-state index < -0.39 is 0 Å². The van der Waals surface area contributed by atoms with Gasteiger partial charge in [0, 0.05) is 24.1 Å². The van der Waals surface area contributed by atoms with Gasteiger partial charge in [0.1, 0.15) is 11.9 Å². The quantitative estimate of drug-likeness (QED) is 0.890. The topological polar surface area (TPSA) is 30.5 Å². The molecule has 1 aromatic rings. The Morgan fingerprint density at radius 2 is 2.11 bits per heavy atom. The maximum Gasteiger partial charge on any atom is 0.124 e. The van der Waals surface area contributed by atoms with Gasteiger partial charge in [-0.25, -0.2) is 0 Å². The summed E-state index contributed by atoms with van der Waals surface area (Å²) in [5.41, 5.74) is 1.32. The smallest absolute Gasteiger partial charge is 0.124 e. The first-order valence-electron chi connectivity index (χ1n) is 6.62. The van der Waals surface area contributed by atoms with E-state index in [1.165, 1.54) is 5.56 Å². The van der Waals surface area contributed by atoms with E-state index >= 15 is 0 Å². The van der Waals surface area contributed by atoms with E-state index in [0.717, 1.165) is 25.3 Å². The van der Waals surface area contributed by atoms with Gasteiger partial charge in [-0.15, -0.1) is 0 Å². The van der Waals surface area contributed by atoms with Gasteiger partial charge in [-0.2, -0.15) is 0 Å². The van der Waals surface area contributed by atoms with Crippen molar-refractivity contribution in [3.05, 3.63) is 29.8 Å². The van der Waals surface area contributed by atoms with Crippen molar-refractivity contribution in [2.75, 3.05) is 13.2 Å². The van der Waals surface area contributed by atoms with Crippen molar-refractivity contribution in [1.82, 2.24) is 5.32 Å². The highest BCUT2D eigenvalue weighted by molar-refractivity contribution is 5.33. The van der Waals surface area contributed by atoms with Crippen LogP contribution < -0.4 is 10.1 Å². The maximum atomic E-state index is 6.01. The molecule has 1 saturated heterocycles. The van der Waals surface area contributed by atoms with Crippen molar-refractivity contribution in [2.45, 2.75) is 45.4 Å². The lowest BCUT2D eigenvalue weighted by atomic mass is 10.1. The van der Waals surface area contributed by atoms with E-state index in [2.05, 4.69) is 38.2 Å². The Morgan fingerprint density at radius 1 is 1.33 bits per heavy atom. The maximum absolute atomic E-state index is 6.01. The van der Waals surface area contributed by atoms with Crippen LogP contribution in [0.4, 0.5) is 0 Å². The minimum absolute atomic E-state index is 0.115. The molecule has 1 aliphatic rings. The molecule has 18 heavy (non-hydrogen) atoms. The van der Waals surface area contributed by atoms with Crippen LogP contribution in [0.1, 0.15) is 32.8 Å². The summed E-state index contributed by atoms with van der Waals surface area (Å²) < 4.78 is 11.3. The zero-order valence-corrected chi connectivity index (χ0v) is 11.5. The highest BCUT2D eigenvalue weighted by Crippen LogP contribution is 2.22. The van der Waals surface area contributed by atoms with Crippen molar-refractivity contribution < 1.29 is 9.47 Å². The van der Waals surface area contributed by atoms with Gasteiger partial charge in [-0.1, -0.05) is 18.2 Å². The predicted octanol–water partition coefficient (Wildman–Crippen LogP) is 2.74. The molecule has 1 N–H and O–H groups in total. The normalized spacial score (nSPS) is 20.1. The summed E-state index contributed by atoms with van der Waals surface area (Å²) in [4.78, 5) is 0. The highest BCUT2D eigenvalue weighted by Gasteiger charge is 2.18. The van der Waals surface area contributed by atoms with Crippen LogP contribution in [0.15, 0.2) is 24.3 Å². The summed E-state index contributed by atoms with van der Waals surface area (Å²) in [6.45, 7) is 8.85. The van der Waals surface area contributed by atoms with Crippen molar-refractivity contribution in [3.8, 4) is 5.75 Å². The molecule has 100 valence electrons. The number of ether oxygens (including phenoxy) is 2. The second-order valence-electron chi connectivity index (χ2n) is 5.81. The van der Waals surface area contributed by atoms with Crippen molar-refractivity contribution in [1.29, 1.82) is 0 Å². The van der Waals surface area contributed by atoms with E-state index in [1.807, 2.05) is 12.1 Å². The van der Waals surface area contributed by atoms with Crippen LogP contribution in [0.5, 0.6) is 5.75 Å². The third-order valence-electron chi connectivity index (χ3n) is 2.96. The van der Waals surface area contributed by atoms with Gasteiger partial charge in [-0.05, 0) is 26.8 Å². The molecule has 0 spiro atoms. The van der Waals surface area contributed by atoms with Crippen molar-refractivity contribution in [2.24, 2.45) is 0 Å². The van der Waals surface area contributed by atoms with Crippen molar-refractivity contribution >= 4 is 0 Å². The van der Waals surface area contributed by atoms with E-state index in [4.69, 9.17) is 9.47 Å². The molecule has 1 atom stereocenters. The molecule has 1 unspecified atom stereocenters. The third kappa shape index (κ3) is 4.00. The Morgan fingerprint density at radius 3 is 2.78 bits per heavy atom. The third-order valence-corrected chi connectivity index (χ3v) is 2.96. The van der Waals surface area contributed by atoms with E-state index in [-0.39, 0.29) is 11.6 Å². The van der Waals surface area contributed by atoms with Gasteiger partial charge < -0.3 is 14.8 Å². The molecule has 1 heterocycles. The molecule has 3 nitrogen and oxygen atoms in total. The van der Waals surface area contributed by atoms with Gasteiger partial charge >= 0.3 is 0 Å². The fourth-order valence-electron chi connectivity index (χ4n) is 1.91. The molecule has 0 saturated carbocycles. The minimum atomic E-state index is 0.115. The summed E-state index contributed by atoms with van der Waals surface area (Å²) >= 11 is 0. The Labute approximate surface area is 109 Å². The van der Waals surface area contributed by atoms with Gasteiger partial charge in [0.2, 0.25) is 0 Å². The number of rotatable bonds is 4. The highest BCUT2D eigenvalue weighted by atomic mass is 16.5. The number of hydrogen-bond donors (Lipinski definition) is 1. The Balaban J connectivity index is 2.00. The molecule has 0 radical (unpaired) electrons. The molecule has 1 aliphatic heterocycles. The monoisotopic (exact) mass is 249 g/mol. The lowest BCUT2D eigenvalue weighted by molar-refractivity contribution is 0.140. The lowest BCUT2D eigenvalue weighted by Crippen LogP contribution is -2.35. The van der Waals surface area contributed by atoms with Crippen LogP contribution >= 0.6 is 0 Å². The number of benzene rings is 1. The van der Waals surface area contributed by atoms with Gasteiger partial charge in [-0.3, -0.25) is 0 Å². The fraction of sp³-hybridized carbons (Fsp3) is 0.600. The molecule has 3 heteroatoms. The zero-order chi connectivity index (χ0) is 13.0. The van der Waals surface area contributed by atoms with E-state index in [0.29, 0.717) is 6.61 Å². The SMILES string of the molecule is CC(C)(C)NCc1ccccc1OC1CCOC1. The number of hydrogen-bond acceptors (Lipinski definition) is 3. The summed E-state index contributed by atoms with van der Waals surface area (Å²) in [7, 11) is 0. The Bertz CT molecular complexity index is 378. The molecular formula is C15H23NO2. The summed E-state index contributed by atoms with van der Waals surface area (Å²) in [6, 6.07) is 8.23. The van der Waals surface area contributed by atoms with Crippen LogP contribution in [0, 0.1) is 0 Å². The summed E-state index contributed by atoms with van der Waals surface area (Å²) in [5.74, 6) is 0.977. The van der Waals surface area contributed by atoms with Gasteiger partial charge in [0.05, 0.1) is 13.2 Å². The van der Waals surface area contributed by atoms with Crippen molar-refractivity contribution in [3.63, 3.8) is 0 Å². The van der Waals surface area contributed by atoms with Crippen LogP contribution in [-0.2, 0) is 11.3 Å². The average molecular weight is 249 g/mol. The first-order chi connectivity index (χ1) is 8.54. The molecular weight excluding hydrogens is 226 g/mol. The molecule has 1 fully saturated rings. The predicted molar refractivity (Wildman–Crippen MR) is 72.9 cm³/mol. The summed E-state index contributed by atoms with van der Waals surface area (Å²) in [6.07, 6.45) is 1.20. The van der Waals surface area contributed by atoms with E-state index in [1.54, 1.807) is 0 Å². The second kappa shape index (κ2) is 5.72. The molecule has 0 bridgehead atoms. The molecule has 0 aliphatic carbocycles. The number of nitrogens with one attached hydrogen (secondary N) is 1. The average Bonchev–Trinajstić information content (AvgIpc) is 2.80. The fourth-order valence-corrected chi connectivity index (χ4v) is 1.91. The largest absolute Gasteiger partial charge is 0.488 e.